The predicted octanol–water partition coefficient (Wildman–Crippen LogP) is 2.67. The Hall–Kier alpha value is -1.91. The summed E-state index contributed by atoms with van der Waals surface area (Å²) in [6.45, 7) is 0.436. The Morgan fingerprint density at radius 3 is 2.48 bits per heavy atom. The average molecular weight is 301 g/mol. The summed E-state index contributed by atoms with van der Waals surface area (Å²) in [6, 6.07) is 16.6. The maximum atomic E-state index is 12.4. The van der Waals surface area contributed by atoms with Crippen molar-refractivity contribution in [1.82, 2.24) is 0 Å². The minimum atomic E-state index is -3.27. The van der Waals surface area contributed by atoms with Crippen LogP contribution in [0.25, 0.3) is 6.08 Å². The first-order chi connectivity index (χ1) is 10.1. The zero-order valence-electron chi connectivity index (χ0n) is 11.8. The molecular formula is C17H19NO2S. The van der Waals surface area contributed by atoms with E-state index in [1.807, 2.05) is 42.5 Å². The summed E-state index contributed by atoms with van der Waals surface area (Å²) in [6.07, 6.45) is 4.15. The summed E-state index contributed by atoms with van der Waals surface area (Å²) < 4.78 is 24.8. The van der Waals surface area contributed by atoms with E-state index in [4.69, 9.17) is 5.73 Å². The molecule has 0 saturated heterocycles. The van der Waals surface area contributed by atoms with Gasteiger partial charge < -0.3 is 5.73 Å². The molecular weight excluding hydrogens is 282 g/mol. The summed E-state index contributed by atoms with van der Waals surface area (Å²) in [7, 11) is -3.27. The number of benzene rings is 2. The molecule has 0 atom stereocenters. The first-order valence-electron chi connectivity index (χ1n) is 6.85. The summed E-state index contributed by atoms with van der Waals surface area (Å²) in [4.78, 5) is 0.359. The molecule has 0 bridgehead atoms. The van der Waals surface area contributed by atoms with Gasteiger partial charge in [-0.1, -0.05) is 54.6 Å². The summed E-state index contributed by atoms with van der Waals surface area (Å²) >= 11 is 0. The second kappa shape index (κ2) is 7.20. The standard InChI is InChI=1S/C17H19NO2S/c18-12-5-9-16-8-4-10-17(14-16)21(19,20)13-11-15-6-2-1-3-7-15/h1-10,14H,11-13,18H2. The van der Waals surface area contributed by atoms with E-state index in [0.717, 1.165) is 11.1 Å². The van der Waals surface area contributed by atoms with Gasteiger partial charge in [0.2, 0.25) is 0 Å². The molecule has 0 radical (unpaired) electrons. The van der Waals surface area contributed by atoms with Crippen LogP contribution in [0.1, 0.15) is 11.1 Å². The molecule has 2 rings (SSSR count). The maximum Gasteiger partial charge on any atom is 0.178 e. The molecule has 0 amide bonds. The van der Waals surface area contributed by atoms with E-state index in [0.29, 0.717) is 17.9 Å². The highest BCUT2D eigenvalue weighted by Gasteiger charge is 2.14. The van der Waals surface area contributed by atoms with Gasteiger partial charge in [0.1, 0.15) is 0 Å². The van der Waals surface area contributed by atoms with Crippen molar-refractivity contribution >= 4 is 15.9 Å². The largest absolute Gasteiger partial charge is 0.327 e. The molecule has 3 nitrogen and oxygen atoms in total. The summed E-state index contributed by atoms with van der Waals surface area (Å²) in [5.41, 5.74) is 7.28. The Labute approximate surface area is 126 Å². The molecule has 0 spiro atoms. The van der Waals surface area contributed by atoms with Crippen molar-refractivity contribution < 1.29 is 8.42 Å². The highest BCUT2D eigenvalue weighted by atomic mass is 32.2. The minimum Gasteiger partial charge on any atom is -0.327 e. The normalized spacial score (nSPS) is 11.9. The zero-order valence-corrected chi connectivity index (χ0v) is 12.6. The van der Waals surface area contributed by atoms with Crippen molar-refractivity contribution in [3.05, 3.63) is 71.8 Å². The van der Waals surface area contributed by atoms with E-state index in [1.54, 1.807) is 24.3 Å². The predicted molar refractivity (Wildman–Crippen MR) is 86.7 cm³/mol. The Morgan fingerprint density at radius 1 is 1.00 bits per heavy atom. The Balaban J connectivity index is 2.14. The third-order valence-electron chi connectivity index (χ3n) is 3.17. The molecule has 0 aliphatic rings. The lowest BCUT2D eigenvalue weighted by molar-refractivity contribution is 0.595. The number of nitrogens with two attached hydrogens (primary N) is 1. The quantitative estimate of drug-likeness (QED) is 0.892. The van der Waals surface area contributed by atoms with Crippen molar-refractivity contribution in [3.63, 3.8) is 0 Å². The van der Waals surface area contributed by atoms with E-state index in [9.17, 15) is 8.42 Å². The van der Waals surface area contributed by atoms with Crippen LogP contribution in [0.3, 0.4) is 0 Å². The first-order valence-corrected chi connectivity index (χ1v) is 8.50. The fraction of sp³-hybridized carbons (Fsp3) is 0.176. The Bertz CT molecular complexity index is 707. The molecule has 0 aromatic heterocycles. The van der Waals surface area contributed by atoms with Gasteiger partial charge in [0.15, 0.2) is 9.84 Å². The number of sulfone groups is 1. The number of rotatable bonds is 6. The minimum absolute atomic E-state index is 0.112. The topological polar surface area (TPSA) is 60.2 Å². The lowest BCUT2D eigenvalue weighted by Gasteiger charge is -2.06. The van der Waals surface area contributed by atoms with Gasteiger partial charge in [-0.3, -0.25) is 0 Å². The van der Waals surface area contributed by atoms with Gasteiger partial charge in [0.05, 0.1) is 10.6 Å². The number of hydrogen-bond donors (Lipinski definition) is 1. The van der Waals surface area contributed by atoms with Crippen LogP contribution in [0.15, 0.2) is 65.6 Å². The second-order valence-electron chi connectivity index (χ2n) is 4.77. The highest BCUT2D eigenvalue weighted by molar-refractivity contribution is 7.91. The Kier molecular flexibility index (Phi) is 5.31. The van der Waals surface area contributed by atoms with Gasteiger partial charge in [-0.25, -0.2) is 8.42 Å². The third-order valence-corrected chi connectivity index (χ3v) is 4.88. The zero-order chi connectivity index (χ0) is 15.1. The van der Waals surface area contributed by atoms with Crippen molar-refractivity contribution in [2.24, 2.45) is 5.73 Å². The van der Waals surface area contributed by atoms with E-state index in [1.165, 1.54) is 0 Å². The van der Waals surface area contributed by atoms with Crippen LogP contribution in [0.4, 0.5) is 0 Å². The van der Waals surface area contributed by atoms with E-state index in [-0.39, 0.29) is 5.75 Å². The molecule has 2 N–H and O–H groups in total. The average Bonchev–Trinajstić information content (AvgIpc) is 2.52. The van der Waals surface area contributed by atoms with Gasteiger partial charge >= 0.3 is 0 Å². The molecule has 0 aliphatic heterocycles. The van der Waals surface area contributed by atoms with E-state index < -0.39 is 9.84 Å². The van der Waals surface area contributed by atoms with Crippen LogP contribution in [-0.4, -0.2) is 20.7 Å². The van der Waals surface area contributed by atoms with Crippen LogP contribution in [-0.2, 0) is 16.3 Å². The van der Waals surface area contributed by atoms with Crippen LogP contribution in [0, 0.1) is 0 Å². The molecule has 0 fully saturated rings. The molecule has 4 heteroatoms. The van der Waals surface area contributed by atoms with Crippen molar-refractivity contribution in [2.75, 3.05) is 12.3 Å². The van der Waals surface area contributed by atoms with Gasteiger partial charge in [-0.05, 0) is 29.7 Å². The van der Waals surface area contributed by atoms with E-state index >= 15 is 0 Å². The molecule has 0 heterocycles. The molecule has 2 aromatic carbocycles. The highest BCUT2D eigenvalue weighted by Crippen LogP contribution is 2.16. The molecule has 2 aromatic rings. The van der Waals surface area contributed by atoms with Crippen molar-refractivity contribution in [1.29, 1.82) is 0 Å². The smallest absolute Gasteiger partial charge is 0.178 e. The van der Waals surface area contributed by atoms with Gasteiger partial charge in [-0.2, -0.15) is 0 Å². The molecule has 0 unspecified atom stereocenters. The SMILES string of the molecule is NCC=Cc1cccc(S(=O)(=O)CCc2ccccc2)c1. The molecule has 21 heavy (non-hydrogen) atoms. The molecule has 0 aliphatic carbocycles. The fourth-order valence-corrected chi connectivity index (χ4v) is 3.37. The second-order valence-corrected chi connectivity index (χ2v) is 6.87. The van der Waals surface area contributed by atoms with Gasteiger partial charge in [0.25, 0.3) is 0 Å². The molecule has 0 saturated carbocycles. The van der Waals surface area contributed by atoms with Crippen molar-refractivity contribution in [3.8, 4) is 0 Å². The lowest BCUT2D eigenvalue weighted by Crippen LogP contribution is -2.09. The third kappa shape index (κ3) is 4.55. The van der Waals surface area contributed by atoms with Crippen LogP contribution in [0.5, 0.6) is 0 Å². The maximum absolute atomic E-state index is 12.4. The van der Waals surface area contributed by atoms with Crippen molar-refractivity contribution in [2.45, 2.75) is 11.3 Å². The Morgan fingerprint density at radius 2 is 1.76 bits per heavy atom. The van der Waals surface area contributed by atoms with Gasteiger partial charge in [-0.15, -0.1) is 0 Å². The lowest BCUT2D eigenvalue weighted by atomic mass is 10.2. The van der Waals surface area contributed by atoms with Crippen LogP contribution < -0.4 is 5.73 Å². The van der Waals surface area contributed by atoms with E-state index in [2.05, 4.69) is 0 Å². The van der Waals surface area contributed by atoms with Crippen LogP contribution >= 0.6 is 0 Å². The van der Waals surface area contributed by atoms with Crippen LogP contribution in [0.2, 0.25) is 0 Å². The number of hydrogen-bond acceptors (Lipinski definition) is 3. The summed E-state index contributed by atoms with van der Waals surface area (Å²) in [5, 5.41) is 0. The number of aryl methyl sites for hydroxylation is 1. The first kappa shape index (κ1) is 15.5. The summed E-state index contributed by atoms with van der Waals surface area (Å²) in [5.74, 6) is 0.112. The molecule has 110 valence electrons. The van der Waals surface area contributed by atoms with Gasteiger partial charge in [0, 0.05) is 6.54 Å². The monoisotopic (exact) mass is 301 g/mol. The fourth-order valence-electron chi connectivity index (χ4n) is 2.03.